The van der Waals surface area contributed by atoms with Gasteiger partial charge in [-0.1, -0.05) is 20.8 Å². The van der Waals surface area contributed by atoms with Gasteiger partial charge in [0, 0.05) is 28.5 Å². The molecular weight excluding hydrogens is 364 g/mol. The molecule has 28 heavy (non-hydrogen) atoms. The third-order valence-electron chi connectivity index (χ3n) is 6.72. The first-order chi connectivity index (χ1) is 12.8. The van der Waals surface area contributed by atoms with Gasteiger partial charge in [0.15, 0.2) is 0 Å². The first-order valence-electron chi connectivity index (χ1n) is 10.5. The van der Waals surface area contributed by atoms with Crippen molar-refractivity contribution in [1.82, 2.24) is 10.2 Å². The summed E-state index contributed by atoms with van der Waals surface area (Å²) in [4.78, 5) is 8.60. The van der Waals surface area contributed by atoms with E-state index in [1.54, 1.807) is 11.3 Å². The van der Waals surface area contributed by atoms with Crippen LogP contribution in [-0.4, -0.2) is 29.4 Å². The highest BCUT2D eigenvalue weighted by Crippen LogP contribution is 2.52. The number of fused-ring (bicyclic) bond motifs is 3. The second-order valence-corrected chi connectivity index (χ2v) is 12.6. The average molecular weight is 399 g/mol. The van der Waals surface area contributed by atoms with Crippen molar-refractivity contribution in [3.05, 3.63) is 16.0 Å². The third kappa shape index (κ3) is 3.39. The first kappa shape index (κ1) is 19.9. The van der Waals surface area contributed by atoms with Crippen molar-refractivity contribution in [3.63, 3.8) is 0 Å². The van der Waals surface area contributed by atoms with Crippen molar-refractivity contribution in [1.29, 1.82) is 5.26 Å². The van der Waals surface area contributed by atoms with E-state index in [2.05, 4.69) is 64.8 Å². The average Bonchev–Trinajstić information content (AvgIpc) is 2.96. The number of aliphatic imine (C=N–C) groups is 1. The highest BCUT2D eigenvalue weighted by atomic mass is 32.1. The summed E-state index contributed by atoms with van der Waals surface area (Å²) >= 11 is 1.69. The van der Waals surface area contributed by atoms with Gasteiger partial charge in [-0.2, -0.15) is 5.26 Å². The van der Waals surface area contributed by atoms with E-state index in [9.17, 15) is 5.26 Å². The summed E-state index contributed by atoms with van der Waals surface area (Å²) < 4.78 is 0. The van der Waals surface area contributed by atoms with Crippen LogP contribution in [0.1, 0.15) is 83.7 Å². The Morgan fingerprint density at radius 3 is 2.57 bits per heavy atom. The number of hydrogen-bond donors (Lipinski definition) is 1. The van der Waals surface area contributed by atoms with Crippen molar-refractivity contribution in [3.8, 4) is 6.07 Å². The van der Waals surface area contributed by atoms with E-state index in [4.69, 9.17) is 4.99 Å². The highest BCUT2D eigenvalue weighted by molar-refractivity contribution is 7.16. The molecule has 152 valence electrons. The molecule has 0 aromatic carbocycles. The Bertz CT molecular complexity index is 870. The number of hydrogen-bond acceptors (Lipinski definition) is 4. The van der Waals surface area contributed by atoms with Gasteiger partial charge in [0.1, 0.15) is 11.1 Å². The smallest absolute Gasteiger partial charge is 0.136 e. The summed E-state index contributed by atoms with van der Waals surface area (Å²) in [6.07, 6.45) is 6.69. The van der Waals surface area contributed by atoms with Crippen molar-refractivity contribution < 1.29 is 0 Å². The molecule has 0 unspecified atom stereocenters. The number of thiophene rings is 1. The van der Waals surface area contributed by atoms with Gasteiger partial charge >= 0.3 is 0 Å². The molecule has 4 rings (SSSR count). The van der Waals surface area contributed by atoms with Crippen LogP contribution >= 0.6 is 11.3 Å². The second-order valence-electron chi connectivity index (χ2n) is 11.6. The Morgan fingerprint density at radius 1 is 1.18 bits per heavy atom. The molecule has 4 nitrogen and oxygen atoms in total. The standard InChI is InChI=1S/C23H34N4S/c1-20(2)8-15-9-23(7,12-20)13-27(15)14-25-19-17(11-24)16-10-21(3,4)26-22(5,6)18(16)28-19/h14-15,26H,8-10,12-13H2,1-7H3/t15-,23-/m1/s1. The molecule has 1 aromatic rings. The zero-order valence-electron chi connectivity index (χ0n) is 18.4. The summed E-state index contributed by atoms with van der Waals surface area (Å²) in [7, 11) is 0. The number of rotatable bonds is 2. The Kier molecular flexibility index (Phi) is 4.31. The molecule has 2 fully saturated rings. The minimum absolute atomic E-state index is 0.0175. The van der Waals surface area contributed by atoms with Crippen molar-refractivity contribution in [2.24, 2.45) is 15.8 Å². The zero-order valence-corrected chi connectivity index (χ0v) is 19.3. The van der Waals surface area contributed by atoms with E-state index < -0.39 is 0 Å². The Labute approximate surface area is 174 Å². The molecule has 0 amide bonds. The fourth-order valence-electron chi connectivity index (χ4n) is 6.49. The molecule has 0 radical (unpaired) electrons. The van der Waals surface area contributed by atoms with Gasteiger partial charge in [-0.15, -0.1) is 11.3 Å². The van der Waals surface area contributed by atoms with E-state index in [1.807, 2.05) is 6.34 Å². The van der Waals surface area contributed by atoms with Crippen molar-refractivity contribution >= 4 is 22.7 Å². The SMILES string of the molecule is CC1(C)C[C@@H]2C[C@@](C)(CN2C=Nc2sc3c(c2C#N)CC(C)(C)NC3(C)C)C1. The molecule has 3 heterocycles. The maximum absolute atomic E-state index is 9.90. The van der Waals surface area contributed by atoms with E-state index in [1.165, 1.54) is 29.7 Å². The topological polar surface area (TPSA) is 51.4 Å². The predicted octanol–water partition coefficient (Wildman–Crippen LogP) is 5.34. The van der Waals surface area contributed by atoms with Crippen LogP contribution in [-0.2, 0) is 12.0 Å². The molecule has 2 bridgehead atoms. The predicted molar refractivity (Wildman–Crippen MR) is 117 cm³/mol. The van der Waals surface area contributed by atoms with Crippen LogP contribution in [0.2, 0.25) is 0 Å². The maximum Gasteiger partial charge on any atom is 0.136 e. The van der Waals surface area contributed by atoms with Gasteiger partial charge in [-0.3, -0.25) is 0 Å². The number of likely N-dealkylation sites (tertiary alicyclic amines) is 1. The van der Waals surface area contributed by atoms with Gasteiger partial charge in [-0.25, -0.2) is 4.99 Å². The van der Waals surface area contributed by atoms with E-state index in [0.717, 1.165) is 23.5 Å². The van der Waals surface area contributed by atoms with Gasteiger partial charge in [0.2, 0.25) is 0 Å². The van der Waals surface area contributed by atoms with Gasteiger partial charge in [-0.05, 0) is 69.8 Å². The van der Waals surface area contributed by atoms with Gasteiger partial charge in [0.25, 0.3) is 0 Å². The molecule has 2 aliphatic heterocycles. The Hall–Kier alpha value is -1.38. The molecule has 3 aliphatic rings. The lowest BCUT2D eigenvalue weighted by Crippen LogP contribution is -2.54. The molecule has 5 heteroatoms. The quantitative estimate of drug-likeness (QED) is 0.540. The molecule has 2 atom stereocenters. The lowest BCUT2D eigenvalue weighted by Gasteiger charge is -2.42. The minimum atomic E-state index is -0.136. The van der Waals surface area contributed by atoms with Crippen LogP contribution in [0.5, 0.6) is 0 Å². The Balaban J connectivity index is 1.65. The number of nitrogens with zero attached hydrogens (tertiary/aromatic N) is 3. The summed E-state index contributed by atoms with van der Waals surface area (Å²) in [5.74, 6) is 0. The first-order valence-corrected chi connectivity index (χ1v) is 11.3. The van der Waals surface area contributed by atoms with E-state index in [0.29, 0.717) is 16.9 Å². The van der Waals surface area contributed by atoms with Gasteiger partial charge in [0.05, 0.1) is 11.9 Å². The normalized spacial score (nSPS) is 32.4. The molecule has 0 spiro atoms. The fourth-order valence-corrected chi connectivity index (χ4v) is 7.65. The number of nitriles is 1. The van der Waals surface area contributed by atoms with E-state index >= 15 is 0 Å². The van der Waals surface area contributed by atoms with Crippen LogP contribution in [0.3, 0.4) is 0 Å². The molecular formula is C23H34N4S. The molecule has 1 N–H and O–H groups in total. The molecule has 1 aromatic heterocycles. The highest BCUT2D eigenvalue weighted by Gasteiger charge is 2.49. The summed E-state index contributed by atoms with van der Waals surface area (Å²) in [5, 5.41) is 14.5. The van der Waals surface area contributed by atoms with Crippen molar-refractivity contribution in [2.75, 3.05) is 6.54 Å². The number of nitrogens with one attached hydrogen (secondary N) is 1. The monoisotopic (exact) mass is 398 g/mol. The zero-order chi connectivity index (χ0) is 20.5. The summed E-state index contributed by atoms with van der Waals surface area (Å²) in [6.45, 7) is 17.2. The van der Waals surface area contributed by atoms with Crippen LogP contribution in [0, 0.1) is 22.2 Å². The largest absolute Gasteiger partial charge is 0.359 e. The van der Waals surface area contributed by atoms with E-state index in [-0.39, 0.29) is 11.1 Å². The van der Waals surface area contributed by atoms with Crippen LogP contribution in [0.15, 0.2) is 4.99 Å². The Morgan fingerprint density at radius 2 is 1.89 bits per heavy atom. The van der Waals surface area contributed by atoms with Gasteiger partial charge < -0.3 is 10.2 Å². The van der Waals surface area contributed by atoms with Crippen LogP contribution < -0.4 is 5.32 Å². The molecule has 1 aliphatic carbocycles. The summed E-state index contributed by atoms with van der Waals surface area (Å²) in [6, 6.07) is 3.05. The van der Waals surface area contributed by atoms with Crippen LogP contribution in [0.4, 0.5) is 5.00 Å². The fraction of sp³-hybridized carbons (Fsp3) is 0.739. The lowest BCUT2D eigenvalue weighted by atomic mass is 9.65. The maximum atomic E-state index is 9.90. The van der Waals surface area contributed by atoms with Crippen LogP contribution in [0.25, 0.3) is 0 Å². The lowest BCUT2D eigenvalue weighted by molar-refractivity contribution is 0.133. The third-order valence-corrected chi connectivity index (χ3v) is 8.18. The van der Waals surface area contributed by atoms with Crippen molar-refractivity contribution in [2.45, 2.75) is 91.3 Å². The summed E-state index contributed by atoms with van der Waals surface area (Å²) in [5.41, 5.74) is 2.62. The minimum Gasteiger partial charge on any atom is -0.359 e. The second kappa shape index (κ2) is 6.06. The molecule has 1 saturated carbocycles. The molecule has 1 saturated heterocycles.